The van der Waals surface area contributed by atoms with Crippen LogP contribution in [0.1, 0.15) is 11.4 Å². The Balaban J connectivity index is 2.32. The van der Waals surface area contributed by atoms with Crippen LogP contribution in [0.5, 0.6) is 5.75 Å². The van der Waals surface area contributed by atoms with Crippen LogP contribution in [0.15, 0.2) is 0 Å². The van der Waals surface area contributed by atoms with Crippen molar-refractivity contribution in [1.82, 2.24) is 9.94 Å². The molecule has 0 atom stereocenters. The number of rotatable bonds is 0. The fourth-order valence-corrected chi connectivity index (χ4v) is 1.29. The zero-order valence-corrected chi connectivity index (χ0v) is 5.90. The molecule has 0 unspecified atom stereocenters. The van der Waals surface area contributed by atoms with Crippen molar-refractivity contribution < 1.29 is 14.1 Å². The van der Waals surface area contributed by atoms with Crippen molar-refractivity contribution in [2.75, 3.05) is 0 Å². The van der Waals surface area contributed by atoms with Crippen LogP contribution in [0.2, 0.25) is 0 Å². The van der Waals surface area contributed by atoms with Crippen LogP contribution in [0.25, 0.3) is 0 Å². The van der Waals surface area contributed by atoms with E-state index in [0.717, 1.165) is 17.1 Å². The molecule has 1 aromatic rings. The second-order valence-electron chi connectivity index (χ2n) is 2.56. The van der Waals surface area contributed by atoms with Crippen LogP contribution in [-0.2, 0) is 11.3 Å². The first kappa shape index (κ1) is 5.48. The molecular weight excluding hydrogens is 147 g/mol. The lowest BCUT2D eigenvalue weighted by Crippen LogP contribution is -2.42. The maximum absolute atomic E-state index is 5.25. The van der Waals surface area contributed by atoms with E-state index in [2.05, 4.69) is 5.10 Å². The summed E-state index contributed by atoms with van der Waals surface area (Å²) in [5.41, 5.74) is 1.72. The lowest BCUT2D eigenvalue weighted by Gasteiger charge is -2.21. The van der Waals surface area contributed by atoms with Gasteiger partial charge in [0.25, 0.3) is 0 Å². The molecule has 0 aliphatic carbocycles. The Morgan fingerprint density at radius 1 is 1.64 bits per heavy atom. The molecule has 56 valence electrons. The van der Waals surface area contributed by atoms with Crippen molar-refractivity contribution >= 4 is 7.32 Å². The summed E-state index contributed by atoms with van der Waals surface area (Å²) in [6.07, 6.45) is 0. The minimum Gasteiger partial charge on any atom is -0.496 e. The van der Waals surface area contributed by atoms with E-state index >= 15 is 0 Å². The van der Waals surface area contributed by atoms with E-state index in [9.17, 15) is 0 Å². The van der Waals surface area contributed by atoms with Gasteiger partial charge in [0.05, 0.1) is 6.61 Å². The van der Waals surface area contributed by atoms with Crippen molar-refractivity contribution in [3.05, 3.63) is 11.4 Å². The Kier molecular flexibility index (Phi) is 0.762. The number of hydrogen-bond donors (Lipinski definition) is 0. The standard InChI is InChI=1S/C5H5BN2O3/c1-3-5-4-2-9-6(10-5)11-8(3)7-4/h2H2,1H3. The molecule has 0 fully saturated rings. The average molecular weight is 152 g/mol. The van der Waals surface area contributed by atoms with Gasteiger partial charge in [-0.25, -0.2) is 0 Å². The van der Waals surface area contributed by atoms with Crippen LogP contribution in [-0.4, -0.2) is 17.3 Å². The fraction of sp³-hybridized carbons (Fsp3) is 0.400. The monoisotopic (exact) mass is 152 g/mol. The zero-order chi connectivity index (χ0) is 7.42. The summed E-state index contributed by atoms with van der Waals surface area (Å²) < 4.78 is 15.5. The first-order valence-corrected chi connectivity index (χ1v) is 3.38. The molecule has 0 aromatic carbocycles. The van der Waals surface area contributed by atoms with Crippen molar-refractivity contribution in [3.63, 3.8) is 0 Å². The Morgan fingerprint density at radius 2 is 2.55 bits per heavy atom. The lowest BCUT2D eigenvalue weighted by atomic mass is 10.1. The van der Waals surface area contributed by atoms with Crippen LogP contribution in [0, 0.1) is 6.92 Å². The largest absolute Gasteiger partial charge is 0.810 e. The Bertz CT molecular complexity index is 324. The average Bonchev–Trinajstić information content (AvgIpc) is 2.29. The molecule has 3 rings (SSSR count). The van der Waals surface area contributed by atoms with Crippen molar-refractivity contribution in [2.45, 2.75) is 13.5 Å². The molecule has 0 N–H and O–H groups in total. The smallest absolute Gasteiger partial charge is 0.496 e. The minimum atomic E-state index is -0.594. The summed E-state index contributed by atoms with van der Waals surface area (Å²) in [6.45, 7) is 2.38. The Labute approximate surface area is 63.0 Å². The second kappa shape index (κ2) is 1.53. The van der Waals surface area contributed by atoms with Gasteiger partial charge in [-0.15, -0.1) is 9.94 Å². The highest BCUT2D eigenvalue weighted by molar-refractivity contribution is 6.38. The summed E-state index contributed by atoms with van der Waals surface area (Å²) in [7, 11) is -0.594. The predicted molar refractivity (Wildman–Crippen MR) is 34.7 cm³/mol. The highest BCUT2D eigenvalue weighted by atomic mass is 16.8. The third-order valence-corrected chi connectivity index (χ3v) is 1.85. The van der Waals surface area contributed by atoms with Crippen molar-refractivity contribution in [3.8, 4) is 5.75 Å². The first-order valence-electron chi connectivity index (χ1n) is 3.38. The summed E-state index contributed by atoms with van der Waals surface area (Å²) in [5, 5.41) is 4.09. The first-order chi connectivity index (χ1) is 5.34. The summed E-state index contributed by atoms with van der Waals surface area (Å²) in [6, 6.07) is 0. The van der Waals surface area contributed by atoms with Gasteiger partial charge in [0.15, 0.2) is 5.75 Å². The highest BCUT2D eigenvalue weighted by Gasteiger charge is 2.41. The molecule has 0 saturated carbocycles. The molecule has 0 amide bonds. The summed E-state index contributed by atoms with van der Waals surface area (Å²) in [4.78, 5) is 1.45. The minimum absolute atomic E-state index is 0.480. The number of hydrogen-bond acceptors (Lipinski definition) is 4. The van der Waals surface area contributed by atoms with Crippen molar-refractivity contribution in [1.29, 1.82) is 0 Å². The van der Waals surface area contributed by atoms with Gasteiger partial charge in [0.1, 0.15) is 11.4 Å². The molecule has 1 aromatic heterocycles. The SMILES string of the molecule is Cc1c2c3nn1OB(OC3)O2. The van der Waals surface area contributed by atoms with Gasteiger partial charge < -0.3 is 14.1 Å². The molecule has 3 bridgehead atoms. The molecule has 0 saturated heterocycles. The van der Waals surface area contributed by atoms with E-state index in [1.54, 1.807) is 0 Å². The molecule has 5 nitrogen and oxygen atoms in total. The van der Waals surface area contributed by atoms with Crippen LogP contribution in [0.3, 0.4) is 0 Å². The molecular formula is C5H5BN2O3. The zero-order valence-electron chi connectivity index (χ0n) is 5.90. The van der Waals surface area contributed by atoms with Gasteiger partial charge in [-0.05, 0) is 6.92 Å². The third kappa shape index (κ3) is 0.533. The molecule has 11 heavy (non-hydrogen) atoms. The number of fused-ring (bicyclic) bond motifs is 2. The van der Waals surface area contributed by atoms with Gasteiger partial charge in [-0.3, -0.25) is 0 Å². The van der Waals surface area contributed by atoms with E-state index in [-0.39, 0.29) is 0 Å². The molecule has 3 heterocycles. The van der Waals surface area contributed by atoms with Gasteiger partial charge >= 0.3 is 7.32 Å². The van der Waals surface area contributed by atoms with E-state index in [1.807, 2.05) is 6.92 Å². The molecule has 6 heteroatoms. The maximum Gasteiger partial charge on any atom is 0.810 e. The Hall–Kier alpha value is -1.17. The molecule has 0 spiro atoms. The van der Waals surface area contributed by atoms with E-state index in [0.29, 0.717) is 6.61 Å². The molecule has 2 aliphatic rings. The lowest BCUT2D eigenvalue weighted by molar-refractivity contribution is 0.0943. The van der Waals surface area contributed by atoms with E-state index < -0.39 is 7.32 Å². The van der Waals surface area contributed by atoms with Gasteiger partial charge in [-0.1, -0.05) is 0 Å². The summed E-state index contributed by atoms with van der Waals surface area (Å²) in [5.74, 6) is 0.813. The predicted octanol–water partition coefficient (Wildman–Crippen LogP) is -0.472. The van der Waals surface area contributed by atoms with Crippen molar-refractivity contribution in [2.24, 2.45) is 0 Å². The van der Waals surface area contributed by atoms with E-state index in [1.165, 1.54) is 4.85 Å². The molecule has 0 radical (unpaired) electrons. The van der Waals surface area contributed by atoms with Crippen LogP contribution < -0.4 is 9.41 Å². The normalized spacial score (nSPS) is 18.1. The van der Waals surface area contributed by atoms with Gasteiger partial charge in [-0.2, -0.15) is 0 Å². The van der Waals surface area contributed by atoms with Gasteiger partial charge in [0.2, 0.25) is 0 Å². The fourth-order valence-electron chi connectivity index (χ4n) is 1.29. The number of aromatic nitrogens is 2. The topological polar surface area (TPSA) is 45.5 Å². The van der Waals surface area contributed by atoms with E-state index in [4.69, 9.17) is 14.1 Å². The van der Waals surface area contributed by atoms with Crippen LogP contribution in [0.4, 0.5) is 0 Å². The quantitative estimate of drug-likeness (QED) is 0.471. The summed E-state index contributed by atoms with van der Waals surface area (Å²) >= 11 is 0. The third-order valence-electron chi connectivity index (χ3n) is 1.85. The molecule has 2 aliphatic heterocycles. The maximum atomic E-state index is 5.25. The highest BCUT2D eigenvalue weighted by Crippen LogP contribution is 2.30. The number of nitrogens with zero attached hydrogens (tertiary/aromatic N) is 2. The second-order valence-corrected chi connectivity index (χ2v) is 2.56. The Morgan fingerprint density at radius 3 is 3.45 bits per heavy atom. The van der Waals surface area contributed by atoms with Gasteiger partial charge in [0, 0.05) is 0 Å². The van der Waals surface area contributed by atoms with Crippen LogP contribution >= 0.6 is 0 Å².